The van der Waals surface area contributed by atoms with Crippen LogP contribution in [0.5, 0.6) is 0 Å². The van der Waals surface area contributed by atoms with Gasteiger partial charge in [0.1, 0.15) is 5.76 Å². The fourth-order valence-corrected chi connectivity index (χ4v) is 2.77. The van der Waals surface area contributed by atoms with Crippen molar-refractivity contribution in [2.45, 2.75) is 25.8 Å². The van der Waals surface area contributed by atoms with Crippen LogP contribution in [0, 0.1) is 6.92 Å². The summed E-state index contributed by atoms with van der Waals surface area (Å²) < 4.78 is 31.5. The molecule has 20 heavy (non-hydrogen) atoms. The topological polar surface area (TPSA) is 98.2 Å². The van der Waals surface area contributed by atoms with Crippen LogP contribution in [0.4, 0.5) is 0 Å². The highest BCUT2D eigenvalue weighted by Gasteiger charge is 2.13. The number of nitrogens with two attached hydrogens (primary N) is 1. The lowest BCUT2D eigenvalue weighted by Crippen LogP contribution is -2.24. The quantitative estimate of drug-likeness (QED) is 0.830. The largest absolute Gasteiger partial charge is 0.445 e. The van der Waals surface area contributed by atoms with Crippen molar-refractivity contribution in [2.24, 2.45) is 5.73 Å². The van der Waals surface area contributed by atoms with Crippen LogP contribution in [0.15, 0.2) is 34.9 Å². The van der Waals surface area contributed by atoms with Gasteiger partial charge in [-0.05, 0) is 18.1 Å². The summed E-state index contributed by atoms with van der Waals surface area (Å²) in [6.07, 6.45) is 1.55. The highest BCUT2D eigenvalue weighted by Crippen LogP contribution is 2.08. The zero-order valence-corrected chi connectivity index (χ0v) is 12.0. The van der Waals surface area contributed by atoms with E-state index in [1.807, 2.05) is 12.1 Å². The Morgan fingerprint density at radius 1 is 1.25 bits per heavy atom. The highest BCUT2D eigenvalue weighted by molar-refractivity contribution is 7.88. The van der Waals surface area contributed by atoms with Crippen LogP contribution in [-0.4, -0.2) is 13.4 Å². The second-order valence-corrected chi connectivity index (χ2v) is 6.27. The van der Waals surface area contributed by atoms with Gasteiger partial charge in [-0.2, -0.15) is 0 Å². The van der Waals surface area contributed by atoms with Crippen LogP contribution in [-0.2, 0) is 28.9 Å². The molecule has 6 nitrogen and oxygen atoms in total. The number of rotatable bonds is 6. The van der Waals surface area contributed by atoms with E-state index in [0.29, 0.717) is 23.8 Å². The third-order valence-corrected chi connectivity index (χ3v) is 4.03. The van der Waals surface area contributed by atoms with Gasteiger partial charge in [-0.1, -0.05) is 24.3 Å². The Kier molecular flexibility index (Phi) is 4.53. The first-order valence-electron chi connectivity index (χ1n) is 6.15. The molecular weight excluding hydrogens is 278 g/mol. The maximum Gasteiger partial charge on any atom is 0.216 e. The Morgan fingerprint density at radius 3 is 2.45 bits per heavy atom. The SMILES string of the molecule is Cc1cnc(CNS(=O)(=O)Cc2ccc(CN)cc2)o1. The summed E-state index contributed by atoms with van der Waals surface area (Å²) in [7, 11) is -3.42. The Balaban J connectivity index is 1.96. The molecule has 0 bridgehead atoms. The average molecular weight is 295 g/mol. The lowest BCUT2D eigenvalue weighted by molar-refractivity contribution is 0.463. The van der Waals surface area contributed by atoms with Gasteiger partial charge >= 0.3 is 0 Å². The van der Waals surface area contributed by atoms with Crippen molar-refractivity contribution in [2.75, 3.05) is 0 Å². The van der Waals surface area contributed by atoms with Gasteiger partial charge in [0.15, 0.2) is 0 Å². The Hall–Kier alpha value is -1.70. The molecule has 1 heterocycles. The van der Waals surface area contributed by atoms with Gasteiger partial charge in [0.05, 0.1) is 18.5 Å². The summed E-state index contributed by atoms with van der Waals surface area (Å²) in [6.45, 7) is 2.25. The zero-order valence-electron chi connectivity index (χ0n) is 11.2. The highest BCUT2D eigenvalue weighted by atomic mass is 32.2. The minimum atomic E-state index is -3.42. The first-order valence-corrected chi connectivity index (χ1v) is 7.80. The maximum atomic E-state index is 11.9. The second-order valence-electron chi connectivity index (χ2n) is 4.47. The maximum absolute atomic E-state index is 11.9. The normalized spacial score (nSPS) is 11.7. The molecule has 2 rings (SSSR count). The molecule has 0 saturated heterocycles. The Morgan fingerprint density at radius 2 is 1.90 bits per heavy atom. The third kappa shape index (κ3) is 4.16. The van der Waals surface area contributed by atoms with Gasteiger partial charge in [-0.15, -0.1) is 0 Å². The van der Waals surface area contributed by atoms with Crippen molar-refractivity contribution in [3.8, 4) is 0 Å². The molecule has 0 aliphatic rings. The predicted octanol–water partition coefficient (Wildman–Crippen LogP) is 1.06. The van der Waals surface area contributed by atoms with E-state index < -0.39 is 10.0 Å². The van der Waals surface area contributed by atoms with Crippen LogP contribution in [0.1, 0.15) is 22.8 Å². The van der Waals surface area contributed by atoms with E-state index in [9.17, 15) is 8.42 Å². The van der Waals surface area contributed by atoms with Crippen molar-refractivity contribution in [3.05, 3.63) is 53.2 Å². The molecule has 1 aromatic carbocycles. The second kappa shape index (κ2) is 6.17. The van der Waals surface area contributed by atoms with Crippen molar-refractivity contribution < 1.29 is 12.8 Å². The number of oxazole rings is 1. The molecule has 0 aliphatic carbocycles. The smallest absolute Gasteiger partial charge is 0.216 e. The predicted molar refractivity (Wildman–Crippen MR) is 75.0 cm³/mol. The molecule has 0 spiro atoms. The molecule has 3 N–H and O–H groups in total. The summed E-state index contributed by atoms with van der Waals surface area (Å²) in [4.78, 5) is 3.94. The molecule has 0 saturated carbocycles. The molecule has 0 amide bonds. The summed E-state index contributed by atoms with van der Waals surface area (Å²) in [5, 5.41) is 0. The fraction of sp³-hybridized carbons (Fsp3) is 0.308. The van der Waals surface area contributed by atoms with Gasteiger partial charge in [0.25, 0.3) is 0 Å². The number of hydrogen-bond acceptors (Lipinski definition) is 5. The van der Waals surface area contributed by atoms with Gasteiger partial charge in [-0.3, -0.25) is 0 Å². The van der Waals surface area contributed by atoms with Gasteiger partial charge in [-0.25, -0.2) is 18.1 Å². The lowest BCUT2D eigenvalue weighted by atomic mass is 10.1. The number of nitrogens with zero attached hydrogens (tertiary/aromatic N) is 1. The molecule has 0 fully saturated rings. The van der Waals surface area contributed by atoms with E-state index in [-0.39, 0.29) is 12.3 Å². The van der Waals surface area contributed by atoms with E-state index >= 15 is 0 Å². The standard InChI is InChI=1S/C13H17N3O3S/c1-10-7-15-13(19-10)8-16-20(17,18)9-12-4-2-11(6-14)3-5-12/h2-5,7,16H,6,8-9,14H2,1H3. The molecule has 1 aromatic heterocycles. The molecule has 108 valence electrons. The molecular formula is C13H17N3O3S. The van der Waals surface area contributed by atoms with Crippen molar-refractivity contribution in [1.29, 1.82) is 0 Å². The zero-order chi connectivity index (χ0) is 14.6. The number of benzene rings is 1. The molecule has 7 heteroatoms. The fourth-order valence-electron chi connectivity index (χ4n) is 1.70. The molecule has 2 aromatic rings. The number of aryl methyl sites for hydroxylation is 1. The Bertz CT molecular complexity index is 662. The van der Waals surface area contributed by atoms with Crippen LogP contribution in [0.2, 0.25) is 0 Å². The summed E-state index contributed by atoms with van der Waals surface area (Å²) >= 11 is 0. The third-order valence-electron chi connectivity index (χ3n) is 2.73. The van der Waals surface area contributed by atoms with Crippen LogP contribution in [0.25, 0.3) is 0 Å². The lowest BCUT2D eigenvalue weighted by Gasteiger charge is -2.06. The van der Waals surface area contributed by atoms with E-state index in [4.69, 9.17) is 10.2 Å². The number of hydrogen-bond donors (Lipinski definition) is 2. The van der Waals surface area contributed by atoms with Crippen molar-refractivity contribution in [1.82, 2.24) is 9.71 Å². The monoisotopic (exact) mass is 295 g/mol. The summed E-state index contributed by atoms with van der Waals surface area (Å²) in [5.74, 6) is 0.915. The summed E-state index contributed by atoms with van der Waals surface area (Å²) in [6, 6.07) is 7.16. The van der Waals surface area contributed by atoms with Crippen molar-refractivity contribution in [3.63, 3.8) is 0 Å². The Labute approximate surface area is 118 Å². The van der Waals surface area contributed by atoms with E-state index in [0.717, 1.165) is 5.56 Å². The van der Waals surface area contributed by atoms with Gasteiger partial charge in [0.2, 0.25) is 15.9 Å². The van der Waals surface area contributed by atoms with Crippen molar-refractivity contribution >= 4 is 10.0 Å². The molecule has 0 atom stereocenters. The van der Waals surface area contributed by atoms with Crippen LogP contribution < -0.4 is 10.5 Å². The molecule has 0 aliphatic heterocycles. The van der Waals surface area contributed by atoms with E-state index in [1.54, 1.807) is 25.3 Å². The average Bonchev–Trinajstić information content (AvgIpc) is 2.83. The number of nitrogens with one attached hydrogen (secondary N) is 1. The minimum absolute atomic E-state index is 0.0526. The van der Waals surface area contributed by atoms with E-state index in [2.05, 4.69) is 9.71 Å². The first kappa shape index (κ1) is 14.7. The van der Waals surface area contributed by atoms with Crippen LogP contribution in [0.3, 0.4) is 0 Å². The number of aromatic nitrogens is 1. The molecule has 0 unspecified atom stereocenters. The first-order chi connectivity index (χ1) is 9.48. The van der Waals surface area contributed by atoms with E-state index in [1.165, 1.54) is 0 Å². The minimum Gasteiger partial charge on any atom is -0.445 e. The van der Waals surface area contributed by atoms with Crippen LogP contribution >= 0.6 is 0 Å². The van der Waals surface area contributed by atoms with Gasteiger partial charge < -0.3 is 10.2 Å². The molecule has 0 radical (unpaired) electrons. The summed E-state index contributed by atoms with van der Waals surface area (Å²) in [5.41, 5.74) is 7.17. The number of sulfonamides is 1. The van der Waals surface area contributed by atoms with Gasteiger partial charge in [0, 0.05) is 6.54 Å².